The molecule has 7 nitrogen and oxygen atoms in total. The number of amides is 3. The Hall–Kier alpha value is -2.87. The van der Waals surface area contributed by atoms with Crippen LogP contribution in [-0.2, 0) is 4.79 Å². The standard InChI is InChI=1S/C19H21N3O4S/c23-17(24)12-13-8-10-22(11-9-13)18(25)15-6-7-16(27-15)21-19(26)20-14-4-2-1-3-5-14/h1-7,13H,8-12H2,(H,23,24)(H2,20,21,26). The number of hydrogen-bond donors (Lipinski definition) is 3. The van der Waals surface area contributed by atoms with E-state index in [4.69, 9.17) is 5.11 Å². The smallest absolute Gasteiger partial charge is 0.324 e. The number of anilines is 2. The van der Waals surface area contributed by atoms with E-state index in [0.717, 1.165) is 0 Å². The van der Waals surface area contributed by atoms with Crippen LogP contribution in [0.15, 0.2) is 42.5 Å². The van der Waals surface area contributed by atoms with Crippen molar-refractivity contribution in [3.63, 3.8) is 0 Å². The second-order valence-electron chi connectivity index (χ2n) is 6.44. The number of thiophene rings is 1. The fourth-order valence-electron chi connectivity index (χ4n) is 3.06. The third-order valence-electron chi connectivity index (χ3n) is 4.45. The molecule has 0 spiro atoms. The Morgan fingerprint density at radius 1 is 1.04 bits per heavy atom. The van der Waals surface area contributed by atoms with Gasteiger partial charge in [0.05, 0.1) is 9.88 Å². The van der Waals surface area contributed by atoms with E-state index < -0.39 is 5.97 Å². The zero-order valence-corrected chi connectivity index (χ0v) is 15.5. The van der Waals surface area contributed by atoms with Crippen LogP contribution >= 0.6 is 11.3 Å². The first-order valence-electron chi connectivity index (χ1n) is 8.75. The number of nitrogens with one attached hydrogen (secondary N) is 2. The average Bonchev–Trinajstić information content (AvgIpc) is 3.10. The van der Waals surface area contributed by atoms with Crippen molar-refractivity contribution in [2.75, 3.05) is 23.7 Å². The summed E-state index contributed by atoms with van der Waals surface area (Å²) in [5.41, 5.74) is 0.687. The maximum Gasteiger partial charge on any atom is 0.324 e. The molecule has 3 rings (SSSR count). The molecule has 0 radical (unpaired) electrons. The van der Waals surface area contributed by atoms with E-state index in [1.807, 2.05) is 18.2 Å². The van der Waals surface area contributed by atoms with Crippen molar-refractivity contribution >= 4 is 39.9 Å². The van der Waals surface area contributed by atoms with Crippen molar-refractivity contribution < 1.29 is 19.5 Å². The van der Waals surface area contributed by atoms with Crippen LogP contribution in [0.25, 0.3) is 0 Å². The number of piperidine rings is 1. The maximum atomic E-state index is 12.6. The second-order valence-corrected chi connectivity index (χ2v) is 7.53. The van der Waals surface area contributed by atoms with Crippen molar-refractivity contribution in [2.24, 2.45) is 5.92 Å². The summed E-state index contributed by atoms with van der Waals surface area (Å²) in [6.07, 6.45) is 1.56. The van der Waals surface area contributed by atoms with Gasteiger partial charge in [0.1, 0.15) is 0 Å². The number of aliphatic carboxylic acids is 1. The summed E-state index contributed by atoms with van der Waals surface area (Å²) in [4.78, 5) is 37.7. The molecule has 3 amide bonds. The number of benzene rings is 1. The molecule has 1 aliphatic heterocycles. The van der Waals surface area contributed by atoms with Gasteiger partial charge in [0.15, 0.2) is 0 Å². The highest BCUT2D eigenvalue weighted by molar-refractivity contribution is 7.18. The number of para-hydroxylation sites is 1. The van der Waals surface area contributed by atoms with Crippen LogP contribution < -0.4 is 10.6 Å². The first-order valence-corrected chi connectivity index (χ1v) is 9.57. The number of carboxylic acids is 1. The van der Waals surface area contributed by atoms with E-state index in [9.17, 15) is 14.4 Å². The van der Waals surface area contributed by atoms with Gasteiger partial charge in [-0.1, -0.05) is 18.2 Å². The summed E-state index contributed by atoms with van der Waals surface area (Å²) in [6.45, 7) is 1.12. The molecule has 1 aliphatic rings. The first kappa shape index (κ1) is 18.9. The van der Waals surface area contributed by atoms with Crippen molar-refractivity contribution in [1.82, 2.24) is 4.90 Å². The number of likely N-dealkylation sites (tertiary alicyclic amines) is 1. The Morgan fingerprint density at radius 2 is 1.74 bits per heavy atom. The number of rotatable bonds is 5. The lowest BCUT2D eigenvalue weighted by Gasteiger charge is -2.31. The average molecular weight is 387 g/mol. The highest BCUT2D eigenvalue weighted by atomic mass is 32.1. The van der Waals surface area contributed by atoms with Crippen molar-refractivity contribution in [1.29, 1.82) is 0 Å². The molecule has 0 aliphatic carbocycles. The van der Waals surface area contributed by atoms with E-state index in [1.165, 1.54) is 11.3 Å². The molecule has 0 atom stereocenters. The van der Waals surface area contributed by atoms with Gasteiger partial charge in [-0.2, -0.15) is 0 Å². The predicted octanol–water partition coefficient (Wildman–Crippen LogP) is 3.72. The van der Waals surface area contributed by atoms with Gasteiger partial charge in [-0.25, -0.2) is 4.79 Å². The van der Waals surface area contributed by atoms with E-state index in [1.54, 1.807) is 29.2 Å². The quantitative estimate of drug-likeness (QED) is 0.728. The molecule has 3 N–H and O–H groups in total. The summed E-state index contributed by atoms with van der Waals surface area (Å²) >= 11 is 1.23. The number of nitrogens with zero attached hydrogens (tertiary/aromatic N) is 1. The van der Waals surface area contributed by atoms with E-state index >= 15 is 0 Å². The van der Waals surface area contributed by atoms with Crippen LogP contribution in [0, 0.1) is 5.92 Å². The van der Waals surface area contributed by atoms with Gasteiger partial charge in [-0.15, -0.1) is 11.3 Å². The van der Waals surface area contributed by atoms with Crippen LogP contribution in [0.4, 0.5) is 15.5 Å². The monoisotopic (exact) mass is 387 g/mol. The van der Waals surface area contributed by atoms with Crippen LogP contribution in [-0.4, -0.2) is 41.0 Å². The Balaban J connectivity index is 1.52. The highest BCUT2D eigenvalue weighted by Crippen LogP contribution is 2.26. The van der Waals surface area contributed by atoms with Gasteiger partial charge >= 0.3 is 12.0 Å². The predicted molar refractivity (Wildman–Crippen MR) is 104 cm³/mol. The van der Waals surface area contributed by atoms with Crippen LogP contribution in [0.5, 0.6) is 0 Å². The SMILES string of the molecule is O=C(O)CC1CCN(C(=O)c2ccc(NC(=O)Nc3ccccc3)s2)CC1. The van der Waals surface area contributed by atoms with Gasteiger partial charge in [0, 0.05) is 25.2 Å². The first-order chi connectivity index (χ1) is 13.0. The lowest BCUT2D eigenvalue weighted by atomic mass is 9.93. The molecule has 1 saturated heterocycles. The van der Waals surface area contributed by atoms with Gasteiger partial charge < -0.3 is 15.3 Å². The zero-order chi connectivity index (χ0) is 19.2. The molecule has 1 aromatic heterocycles. The van der Waals surface area contributed by atoms with Crippen LogP contribution in [0.2, 0.25) is 0 Å². The van der Waals surface area contributed by atoms with Gasteiger partial charge in [-0.05, 0) is 43.0 Å². The Labute approximate surface area is 161 Å². The number of carbonyl (C=O) groups excluding carboxylic acids is 2. The fourth-order valence-corrected chi connectivity index (χ4v) is 3.93. The molecule has 2 heterocycles. The lowest BCUT2D eigenvalue weighted by molar-refractivity contribution is -0.138. The molecule has 0 saturated carbocycles. The second kappa shape index (κ2) is 8.68. The number of urea groups is 1. The maximum absolute atomic E-state index is 12.6. The van der Waals surface area contributed by atoms with E-state index in [-0.39, 0.29) is 24.3 Å². The summed E-state index contributed by atoms with van der Waals surface area (Å²) in [7, 11) is 0. The number of carboxylic acid groups (broad SMARTS) is 1. The summed E-state index contributed by atoms with van der Waals surface area (Å²) in [6, 6.07) is 12.2. The van der Waals surface area contributed by atoms with Gasteiger partial charge in [-0.3, -0.25) is 14.9 Å². The summed E-state index contributed by atoms with van der Waals surface area (Å²) < 4.78 is 0. The minimum Gasteiger partial charge on any atom is -0.481 e. The number of carbonyl (C=O) groups is 3. The molecular weight excluding hydrogens is 366 g/mol. The van der Waals surface area contributed by atoms with Crippen molar-refractivity contribution in [2.45, 2.75) is 19.3 Å². The zero-order valence-electron chi connectivity index (χ0n) is 14.7. The molecule has 2 aromatic rings. The lowest BCUT2D eigenvalue weighted by Crippen LogP contribution is -2.38. The Bertz CT molecular complexity index is 813. The largest absolute Gasteiger partial charge is 0.481 e. The molecule has 0 unspecified atom stereocenters. The Kier molecular flexibility index (Phi) is 6.08. The van der Waals surface area contributed by atoms with Gasteiger partial charge in [0.25, 0.3) is 5.91 Å². The molecule has 27 heavy (non-hydrogen) atoms. The summed E-state index contributed by atoms with van der Waals surface area (Å²) in [5.74, 6) is -0.735. The summed E-state index contributed by atoms with van der Waals surface area (Å²) in [5, 5.41) is 14.9. The third kappa shape index (κ3) is 5.30. The van der Waals surface area contributed by atoms with Gasteiger partial charge in [0.2, 0.25) is 0 Å². The van der Waals surface area contributed by atoms with Crippen LogP contribution in [0.1, 0.15) is 28.9 Å². The minimum atomic E-state index is -0.789. The molecule has 1 fully saturated rings. The highest BCUT2D eigenvalue weighted by Gasteiger charge is 2.25. The molecule has 8 heteroatoms. The molecular formula is C19H21N3O4S. The van der Waals surface area contributed by atoms with Crippen LogP contribution in [0.3, 0.4) is 0 Å². The topological polar surface area (TPSA) is 98.7 Å². The van der Waals surface area contributed by atoms with Crippen molar-refractivity contribution in [3.8, 4) is 0 Å². The molecule has 0 bridgehead atoms. The van der Waals surface area contributed by atoms with Crippen molar-refractivity contribution in [3.05, 3.63) is 47.3 Å². The normalized spacial score (nSPS) is 14.6. The third-order valence-corrected chi connectivity index (χ3v) is 5.44. The fraction of sp³-hybridized carbons (Fsp3) is 0.316. The molecule has 142 valence electrons. The Morgan fingerprint density at radius 3 is 2.41 bits per heavy atom. The molecule has 1 aromatic carbocycles. The minimum absolute atomic E-state index is 0.0784. The number of hydrogen-bond acceptors (Lipinski definition) is 4. The van der Waals surface area contributed by atoms with E-state index in [2.05, 4.69) is 10.6 Å². The van der Waals surface area contributed by atoms with E-state index in [0.29, 0.717) is 41.5 Å².